The van der Waals surface area contributed by atoms with Gasteiger partial charge in [-0.1, -0.05) is 12.1 Å². The maximum atomic E-state index is 12.9. The van der Waals surface area contributed by atoms with Crippen molar-refractivity contribution in [3.8, 4) is 5.75 Å². The van der Waals surface area contributed by atoms with Crippen LogP contribution in [0, 0.1) is 5.82 Å². The number of hydrogen-bond acceptors (Lipinski definition) is 5. The summed E-state index contributed by atoms with van der Waals surface area (Å²) in [5.74, 6) is -0.320. The number of amides is 1. The molecule has 8 nitrogen and oxygen atoms in total. The van der Waals surface area contributed by atoms with Crippen molar-refractivity contribution in [2.45, 2.75) is 6.54 Å². The predicted molar refractivity (Wildman–Crippen MR) is 96.4 cm³/mol. The maximum absolute atomic E-state index is 12.9. The van der Waals surface area contributed by atoms with Crippen LogP contribution in [0.2, 0.25) is 0 Å². The summed E-state index contributed by atoms with van der Waals surface area (Å²) in [6, 6.07) is 12.7. The van der Waals surface area contributed by atoms with Crippen LogP contribution in [0.1, 0.15) is 21.6 Å². The monoisotopic (exact) mass is 369 g/mol. The summed E-state index contributed by atoms with van der Waals surface area (Å²) in [5, 5.41) is 12.6. The van der Waals surface area contributed by atoms with Crippen LogP contribution in [0.5, 0.6) is 5.75 Å². The van der Waals surface area contributed by atoms with Crippen molar-refractivity contribution in [1.29, 1.82) is 0 Å². The van der Waals surface area contributed by atoms with Gasteiger partial charge in [-0.15, -0.1) is 9.89 Å². The fourth-order valence-electron chi connectivity index (χ4n) is 2.20. The molecule has 0 saturated heterocycles. The van der Waals surface area contributed by atoms with E-state index in [4.69, 9.17) is 4.74 Å². The molecule has 1 aromatic heterocycles. The molecule has 9 heteroatoms. The molecule has 0 radical (unpaired) electrons. The summed E-state index contributed by atoms with van der Waals surface area (Å²) in [6.07, 6.45) is 1.44. The van der Waals surface area contributed by atoms with Crippen molar-refractivity contribution in [2.24, 2.45) is 5.10 Å². The quantitative estimate of drug-likeness (QED) is 0.644. The smallest absolute Gasteiger partial charge is 0.320 e. The van der Waals surface area contributed by atoms with Gasteiger partial charge in [-0.25, -0.2) is 4.39 Å². The summed E-state index contributed by atoms with van der Waals surface area (Å²) in [4.78, 5) is 25.2. The first-order valence-corrected chi connectivity index (χ1v) is 7.95. The highest BCUT2D eigenvalue weighted by atomic mass is 19.1. The number of H-pyrrole nitrogens is 1. The topological polar surface area (TPSA) is 101 Å². The minimum atomic E-state index is -0.684. The fraction of sp³-hybridized carbons (Fsp3) is 0.111. The number of carbonyl (C=O) groups excluding carboxylic acids is 1. The first-order chi connectivity index (χ1) is 13.1. The maximum Gasteiger partial charge on any atom is 0.320 e. The second-order valence-corrected chi connectivity index (χ2v) is 5.50. The van der Waals surface area contributed by atoms with Gasteiger partial charge >= 0.3 is 5.56 Å². The second-order valence-electron chi connectivity index (χ2n) is 5.50. The Morgan fingerprint density at radius 1 is 1.26 bits per heavy atom. The van der Waals surface area contributed by atoms with E-state index in [1.54, 1.807) is 31.4 Å². The van der Waals surface area contributed by atoms with Crippen molar-refractivity contribution < 1.29 is 13.9 Å². The largest absolute Gasteiger partial charge is 0.497 e. The number of nitrogens with zero attached hydrogens (tertiary/aromatic N) is 3. The van der Waals surface area contributed by atoms with Crippen molar-refractivity contribution in [2.75, 3.05) is 7.11 Å². The van der Waals surface area contributed by atoms with Gasteiger partial charge in [0.15, 0.2) is 0 Å². The van der Waals surface area contributed by atoms with Crippen LogP contribution in [-0.2, 0) is 6.54 Å². The van der Waals surface area contributed by atoms with Crippen LogP contribution < -0.4 is 15.6 Å². The molecule has 0 aliphatic rings. The molecule has 1 heterocycles. The van der Waals surface area contributed by atoms with Gasteiger partial charge in [0.05, 0.1) is 13.3 Å². The minimum absolute atomic E-state index is 0.139. The Morgan fingerprint density at radius 2 is 1.96 bits per heavy atom. The van der Waals surface area contributed by atoms with Crippen LogP contribution >= 0.6 is 0 Å². The number of rotatable bonds is 6. The minimum Gasteiger partial charge on any atom is -0.497 e. The molecule has 0 saturated carbocycles. The van der Waals surface area contributed by atoms with Gasteiger partial charge in [-0.2, -0.15) is 10.3 Å². The average molecular weight is 369 g/mol. The zero-order valence-corrected chi connectivity index (χ0v) is 14.3. The molecule has 0 bridgehead atoms. The van der Waals surface area contributed by atoms with Crippen LogP contribution in [0.3, 0.4) is 0 Å². The van der Waals surface area contributed by atoms with E-state index in [1.807, 2.05) is 0 Å². The van der Waals surface area contributed by atoms with Crippen molar-refractivity contribution in [3.63, 3.8) is 0 Å². The summed E-state index contributed by atoms with van der Waals surface area (Å²) in [7, 11) is 1.57. The lowest BCUT2D eigenvalue weighted by atomic mass is 10.2. The number of carbonyl (C=O) groups is 1. The number of nitrogens with one attached hydrogen (secondary N) is 2. The molecule has 3 rings (SSSR count). The van der Waals surface area contributed by atoms with E-state index >= 15 is 0 Å². The number of aromatic amines is 1. The normalized spacial score (nSPS) is 10.9. The van der Waals surface area contributed by atoms with Gasteiger partial charge < -0.3 is 10.1 Å². The second kappa shape index (κ2) is 8.09. The molecule has 0 aliphatic heterocycles. The van der Waals surface area contributed by atoms with Gasteiger partial charge in [0.25, 0.3) is 5.91 Å². The highest BCUT2D eigenvalue weighted by Crippen LogP contribution is 2.09. The molecular formula is C18H16FN5O3. The summed E-state index contributed by atoms with van der Waals surface area (Å²) in [6.45, 7) is 0.139. The Bertz CT molecular complexity index is 1010. The van der Waals surface area contributed by atoms with Crippen LogP contribution in [0.25, 0.3) is 0 Å². The molecule has 0 aliphatic carbocycles. The van der Waals surface area contributed by atoms with E-state index < -0.39 is 11.5 Å². The first kappa shape index (κ1) is 18.1. The van der Waals surface area contributed by atoms with E-state index in [0.717, 1.165) is 10.4 Å². The fourth-order valence-corrected chi connectivity index (χ4v) is 2.20. The lowest BCUT2D eigenvalue weighted by Gasteiger charge is -2.02. The molecule has 2 aromatic carbocycles. The standard InChI is InChI=1S/C18H16FN5O3/c1-27-15-8-4-13(5-9-15)11-21-24-18(26)16(22-23-24)17(25)20-10-12-2-6-14(19)7-3-12/h2-9,11,23H,10H2,1H3,(H,20,25)/b21-11+. The van der Waals surface area contributed by atoms with Crippen LogP contribution in [0.4, 0.5) is 4.39 Å². The number of benzene rings is 2. The Morgan fingerprint density at radius 3 is 2.63 bits per heavy atom. The number of ether oxygens (including phenoxy) is 1. The van der Waals surface area contributed by atoms with Crippen molar-refractivity contribution in [3.05, 3.63) is 81.5 Å². The Hall–Kier alpha value is -3.75. The van der Waals surface area contributed by atoms with Gasteiger partial charge in [-0.05, 0) is 47.5 Å². The molecule has 0 atom stereocenters. The summed E-state index contributed by atoms with van der Waals surface area (Å²) in [5.41, 5.74) is 0.429. The SMILES string of the molecule is COc1ccc(/C=N/n2[nH]nc(C(=O)NCc3ccc(F)cc3)c2=O)cc1. The molecule has 0 spiro atoms. The van der Waals surface area contributed by atoms with E-state index in [1.165, 1.54) is 30.5 Å². The Balaban J connectivity index is 1.66. The molecule has 0 unspecified atom stereocenters. The number of methoxy groups -OCH3 is 1. The number of hydrogen-bond donors (Lipinski definition) is 2. The Labute approximate surface area is 153 Å². The zero-order valence-electron chi connectivity index (χ0n) is 14.3. The lowest BCUT2D eigenvalue weighted by Crippen LogP contribution is -2.29. The van der Waals surface area contributed by atoms with E-state index in [2.05, 4.69) is 20.7 Å². The molecular weight excluding hydrogens is 353 g/mol. The van der Waals surface area contributed by atoms with Crippen LogP contribution in [0.15, 0.2) is 58.4 Å². The molecule has 0 fully saturated rings. The van der Waals surface area contributed by atoms with E-state index in [-0.39, 0.29) is 18.1 Å². The van der Waals surface area contributed by atoms with Gasteiger partial charge in [0, 0.05) is 6.54 Å². The third kappa shape index (κ3) is 4.46. The summed E-state index contributed by atoms with van der Waals surface area (Å²) < 4.78 is 17.9. The van der Waals surface area contributed by atoms with Gasteiger partial charge in [0.1, 0.15) is 11.6 Å². The zero-order chi connectivity index (χ0) is 19.2. The summed E-state index contributed by atoms with van der Waals surface area (Å²) >= 11 is 0. The average Bonchev–Trinajstić information content (AvgIpc) is 3.06. The predicted octanol–water partition coefficient (Wildman–Crippen LogP) is 1.53. The van der Waals surface area contributed by atoms with Gasteiger partial charge in [-0.3, -0.25) is 9.59 Å². The molecule has 2 N–H and O–H groups in total. The Kier molecular flexibility index (Phi) is 5.41. The van der Waals surface area contributed by atoms with E-state index in [0.29, 0.717) is 11.3 Å². The molecule has 1 amide bonds. The molecule has 138 valence electrons. The third-order valence-electron chi connectivity index (χ3n) is 3.67. The highest BCUT2D eigenvalue weighted by molar-refractivity contribution is 5.91. The number of aromatic nitrogens is 3. The molecule has 27 heavy (non-hydrogen) atoms. The number of halogens is 1. The molecule has 3 aromatic rings. The van der Waals surface area contributed by atoms with E-state index in [9.17, 15) is 14.0 Å². The highest BCUT2D eigenvalue weighted by Gasteiger charge is 2.16. The van der Waals surface area contributed by atoms with Crippen LogP contribution in [-0.4, -0.2) is 34.3 Å². The first-order valence-electron chi connectivity index (χ1n) is 7.95. The van der Waals surface area contributed by atoms with Crippen molar-refractivity contribution in [1.82, 2.24) is 20.4 Å². The lowest BCUT2D eigenvalue weighted by molar-refractivity contribution is 0.0944. The van der Waals surface area contributed by atoms with Crippen molar-refractivity contribution >= 4 is 12.1 Å². The van der Waals surface area contributed by atoms with Gasteiger partial charge in [0.2, 0.25) is 5.69 Å². The third-order valence-corrected chi connectivity index (χ3v) is 3.67.